The van der Waals surface area contributed by atoms with Gasteiger partial charge in [-0.1, -0.05) is 0 Å². The van der Waals surface area contributed by atoms with Crippen molar-refractivity contribution in [2.75, 3.05) is 28.4 Å². The quantitative estimate of drug-likeness (QED) is 0.705. The number of fused-ring (bicyclic) bond motifs is 5. The Balaban J connectivity index is 2.04. The molecule has 2 aliphatic heterocycles. The van der Waals surface area contributed by atoms with Gasteiger partial charge in [0.25, 0.3) is 0 Å². The molecule has 8 heteroatoms. The molecule has 0 aliphatic carbocycles. The summed E-state index contributed by atoms with van der Waals surface area (Å²) in [5.74, 6) is -1.90. The van der Waals surface area contributed by atoms with Gasteiger partial charge in [-0.05, 0) is 41.0 Å². The third-order valence-corrected chi connectivity index (χ3v) is 5.74. The lowest BCUT2D eigenvalue weighted by molar-refractivity contribution is -0.158. The fourth-order valence-corrected chi connectivity index (χ4v) is 4.55. The van der Waals surface area contributed by atoms with E-state index in [0.717, 1.165) is 11.1 Å². The van der Waals surface area contributed by atoms with Gasteiger partial charge in [0.2, 0.25) is 0 Å². The number of ether oxygens (including phenoxy) is 5. The van der Waals surface area contributed by atoms with Gasteiger partial charge in [0.1, 0.15) is 17.4 Å². The molecule has 29 heavy (non-hydrogen) atoms. The number of hydrogen-bond donors (Lipinski definition) is 0. The van der Waals surface area contributed by atoms with E-state index < -0.39 is 35.5 Å². The number of carbonyl (C=O) groups excluding carboxylic acids is 2. The maximum absolute atomic E-state index is 12.9. The van der Waals surface area contributed by atoms with Crippen LogP contribution in [-0.4, -0.2) is 45.4 Å². The van der Waals surface area contributed by atoms with Gasteiger partial charge in [-0.15, -0.1) is 0 Å². The SMILES string of the molecule is COC(=O)[C@H]1[C@@H]2O[C@@](c3ccncc3)(c3cc(OC)c(OC)cc32)[C@@H]1C(=O)OC. The monoisotopic (exact) mass is 399 g/mol. The number of carbonyl (C=O) groups is 2. The highest BCUT2D eigenvalue weighted by Gasteiger charge is 2.68. The molecule has 1 saturated heterocycles. The fourth-order valence-electron chi connectivity index (χ4n) is 4.55. The molecule has 2 bridgehead atoms. The molecule has 2 aliphatic rings. The van der Waals surface area contributed by atoms with E-state index in [9.17, 15) is 9.59 Å². The van der Waals surface area contributed by atoms with Crippen LogP contribution in [0.5, 0.6) is 11.5 Å². The van der Waals surface area contributed by atoms with Crippen LogP contribution in [0.2, 0.25) is 0 Å². The van der Waals surface area contributed by atoms with Crippen LogP contribution >= 0.6 is 0 Å². The Morgan fingerprint density at radius 2 is 1.59 bits per heavy atom. The van der Waals surface area contributed by atoms with Gasteiger partial charge in [0.15, 0.2) is 11.5 Å². The number of aromatic nitrogens is 1. The van der Waals surface area contributed by atoms with Crippen LogP contribution in [0, 0.1) is 11.8 Å². The Hall–Kier alpha value is -3.13. The molecule has 0 radical (unpaired) electrons. The average molecular weight is 399 g/mol. The Labute approximate surface area is 167 Å². The Morgan fingerprint density at radius 3 is 2.17 bits per heavy atom. The zero-order valence-electron chi connectivity index (χ0n) is 16.5. The highest BCUT2D eigenvalue weighted by atomic mass is 16.6. The van der Waals surface area contributed by atoms with Crippen molar-refractivity contribution < 1.29 is 33.3 Å². The highest BCUT2D eigenvalue weighted by Crippen LogP contribution is 2.65. The molecule has 2 aromatic rings. The van der Waals surface area contributed by atoms with E-state index in [-0.39, 0.29) is 0 Å². The Morgan fingerprint density at radius 1 is 0.966 bits per heavy atom. The summed E-state index contributed by atoms with van der Waals surface area (Å²) in [7, 11) is 5.65. The molecule has 8 nitrogen and oxygen atoms in total. The molecule has 0 spiro atoms. The van der Waals surface area contributed by atoms with Gasteiger partial charge >= 0.3 is 11.9 Å². The van der Waals surface area contributed by atoms with Crippen molar-refractivity contribution in [1.82, 2.24) is 4.98 Å². The number of methoxy groups -OCH3 is 4. The predicted octanol–water partition coefficient (Wildman–Crippen LogP) is 2.01. The van der Waals surface area contributed by atoms with E-state index in [1.54, 1.807) is 36.7 Å². The zero-order valence-corrected chi connectivity index (χ0v) is 16.5. The number of esters is 2. The second-order valence-electron chi connectivity index (χ2n) is 6.85. The zero-order chi connectivity index (χ0) is 20.8. The standard InChI is InChI=1S/C21H21NO7/c1-25-14-9-12-13(10-15(14)26-2)21(11-5-7-22-8-6-11)17(20(24)28-4)16(18(12)29-21)19(23)27-3/h5-10,16-18H,1-4H3/t16-,17+,18-,21+/m1/s1. The summed E-state index contributed by atoms with van der Waals surface area (Å²) >= 11 is 0. The summed E-state index contributed by atoms with van der Waals surface area (Å²) in [5, 5.41) is 0. The summed E-state index contributed by atoms with van der Waals surface area (Å²) in [4.78, 5) is 29.7. The van der Waals surface area contributed by atoms with Crippen molar-refractivity contribution in [3.63, 3.8) is 0 Å². The first-order valence-electron chi connectivity index (χ1n) is 9.03. The van der Waals surface area contributed by atoms with Gasteiger partial charge < -0.3 is 23.7 Å². The average Bonchev–Trinajstić information content (AvgIpc) is 3.30. The molecule has 152 valence electrons. The Bertz CT molecular complexity index is 961. The first-order valence-corrected chi connectivity index (χ1v) is 9.03. The van der Waals surface area contributed by atoms with Gasteiger partial charge in [-0.25, -0.2) is 0 Å². The number of pyridine rings is 1. The normalized spacial score (nSPS) is 26.6. The van der Waals surface area contributed by atoms with E-state index in [4.69, 9.17) is 23.7 Å². The van der Waals surface area contributed by atoms with Gasteiger partial charge in [0, 0.05) is 12.4 Å². The fraction of sp³-hybridized carbons (Fsp3) is 0.381. The van der Waals surface area contributed by atoms with Crippen molar-refractivity contribution in [3.05, 3.63) is 53.3 Å². The first kappa shape index (κ1) is 19.2. The highest BCUT2D eigenvalue weighted by molar-refractivity contribution is 5.87. The van der Waals surface area contributed by atoms with Crippen LogP contribution in [-0.2, 0) is 29.4 Å². The third-order valence-electron chi connectivity index (χ3n) is 5.74. The van der Waals surface area contributed by atoms with Gasteiger partial charge in [-0.3, -0.25) is 14.6 Å². The lowest BCUT2D eigenvalue weighted by Crippen LogP contribution is -2.45. The molecule has 1 aromatic heterocycles. The minimum atomic E-state index is -1.24. The summed E-state index contributed by atoms with van der Waals surface area (Å²) < 4.78 is 27.4. The van der Waals surface area contributed by atoms with Crippen molar-refractivity contribution in [2.24, 2.45) is 11.8 Å². The third kappa shape index (κ3) is 2.52. The topological polar surface area (TPSA) is 93.2 Å². The predicted molar refractivity (Wildman–Crippen MR) is 99.4 cm³/mol. The minimum Gasteiger partial charge on any atom is -0.493 e. The summed E-state index contributed by atoms with van der Waals surface area (Å²) in [6.07, 6.45) is 2.52. The van der Waals surface area contributed by atoms with Crippen molar-refractivity contribution in [3.8, 4) is 11.5 Å². The smallest absolute Gasteiger partial charge is 0.313 e. The van der Waals surface area contributed by atoms with Crippen LogP contribution in [0.1, 0.15) is 22.8 Å². The largest absolute Gasteiger partial charge is 0.493 e. The van der Waals surface area contributed by atoms with Crippen molar-refractivity contribution in [1.29, 1.82) is 0 Å². The molecule has 1 aromatic carbocycles. The maximum atomic E-state index is 12.9. The maximum Gasteiger partial charge on any atom is 0.313 e. The molecule has 0 saturated carbocycles. The van der Waals surface area contributed by atoms with E-state index >= 15 is 0 Å². The van der Waals surface area contributed by atoms with Crippen molar-refractivity contribution in [2.45, 2.75) is 11.7 Å². The van der Waals surface area contributed by atoms with E-state index in [2.05, 4.69) is 4.98 Å². The number of hydrogen-bond acceptors (Lipinski definition) is 8. The minimum absolute atomic E-state index is 0.495. The molecular weight excluding hydrogens is 378 g/mol. The molecule has 1 fully saturated rings. The van der Waals surface area contributed by atoms with Crippen LogP contribution < -0.4 is 9.47 Å². The summed E-state index contributed by atoms with van der Waals surface area (Å²) in [6.45, 7) is 0. The second kappa shape index (κ2) is 7.04. The molecule has 4 atom stereocenters. The molecule has 4 rings (SSSR count). The van der Waals surface area contributed by atoms with E-state index in [1.165, 1.54) is 28.4 Å². The van der Waals surface area contributed by atoms with E-state index in [0.29, 0.717) is 17.1 Å². The van der Waals surface area contributed by atoms with Crippen LogP contribution in [0.4, 0.5) is 0 Å². The second-order valence-corrected chi connectivity index (χ2v) is 6.85. The lowest BCUT2D eigenvalue weighted by Gasteiger charge is -2.35. The summed E-state index contributed by atoms with van der Waals surface area (Å²) in [6, 6.07) is 7.10. The van der Waals surface area contributed by atoms with Crippen molar-refractivity contribution >= 4 is 11.9 Å². The molecule has 3 heterocycles. The van der Waals surface area contributed by atoms with Gasteiger partial charge in [0.05, 0.1) is 34.5 Å². The summed E-state index contributed by atoms with van der Waals surface area (Å²) in [5.41, 5.74) is 0.913. The van der Waals surface area contributed by atoms with Crippen LogP contribution in [0.25, 0.3) is 0 Å². The first-order chi connectivity index (χ1) is 14.0. The lowest BCUT2D eigenvalue weighted by atomic mass is 9.66. The molecular formula is C21H21NO7. The van der Waals surface area contributed by atoms with E-state index in [1.807, 2.05) is 0 Å². The van der Waals surface area contributed by atoms with Crippen LogP contribution in [0.15, 0.2) is 36.7 Å². The Kier molecular flexibility index (Phi) is 4.66. The molecule has 0 unspecified atom stereocenters. The number of rotatable bonds is 5. The number of nitrogens with zero attached hydrogens (tertiary/aromatic N) is 1. The molecule has 0 amide bonds. The number of benzene rings is 1. The molecule has 0 N–H and O–H groups in total. The van der Waals surface area contributed by atoms with Gasteiger partial charge in [-0.2, -0.15) is 0 Å². The van der Waals surface area contributed by atoms with Crippen LogP contribution in [0.3, 0.4) is 0 Å².